The number of rotatable bonds is 7. The summed E-state index contributed by atoms with van der Waals surface area (Å²) in [7, 11) is 1.63. The quantitative estimate of drug-likeness (QED) is 0.394. The number of nitrogens with zero attached hydrogens (tertiary/aromatic N) is 4. The molecule has 4 aromatic rings. The molecule has 35 heavy (non-hydrogen) atoms. The highest BCUT2D eigenvalue weighted by Crippen LogP contribution is 2.22. The molecule has 0 aliphatic carbocycles. The average Bonchev–Trinajstić information content (AvgIpc) is 3.54. The Bertz CT molecular complexity index is 1410. The van der Waals surface area contributed by atoms with Crippen LogP contribution in [-0.4, -0.2) is 75.4 Å². The van der Waals surface area contributed by atoms with Gasteiger partial charge in [0.05, 0.1) is 36.8 Å². The van der Waals surface area contributed by atoms with Crippen LogP contribution in [0.2, 0.25) is 0 Å². The summed E-state index contributed by atoms with van der Waals surface area (Å²) in [5.74, 6) is 0.0662. The molecule has 0 radical (unpaired) electrons. The Hall–Kier alpha value is -4.02. The number of hydrogen-bond acceptors (Lipinski definition) is 7. The lowest BCUT2D eigenvalue weighted by Crippen LogP contribution is -2.30. The van der Waals surface area contributed by atoms with Crippen LogP contribution < -0.4 is 5.56 Å². The molecule has 1 saturated heterocycles. The van der Waals surface area contributed by atoms with Gasteiger partial charge >= 0.3 is 0 Å². The van der Waals surface area contributed by atoms with Crippen molar-refractivity contribution in [3.05, 3.63) is 70.6 Å². The van der Waals surface area contributed by atoms with E-state index in [9.17, 15) is 14.7 Å². The molecule has 180 valence electrons. The normalized spacial score (nSPS) is 15.7. The molecule has 1 amide bonds. The smallest absolute Gasteiger partial charge is 0.258 e. The molecule has 5 rings (SSSR count). The van der Waals surface area contributed by atoms with Crippen molar-refractivity contribution in [1.82, 2.24) is 24.9 Å². The summed E-state index contributed by atoms with van der Waals surface area (Å²) in [6.07, 6.45) is 2.49. The fraction of sp³-hybridized carbons (Fsp3) is 0.280. The molecule has 1 fully saturated rings. The van der Waals surface area contributed by atoms with Gasteiger partial charge in [-0.25, -0.2) is 4.68 Å². The number of ether oxygens (including phenoxy) is 2. The number of carbonyl (C=O) groups is 1. The van der Waals surface area contributed by atoms with Crippen LogP contribution in [0.15, 0.2) is 59.5 Å². The van der Waals surface area contributed by atoms with E-state index in [0.29, 0.717) is 59.7 Å². The van der Waals surface area contributed by atoms with Crippen molar-refractivity contribution in [2.45, 2.75) is 12.5 Å². The van der Waals surface area contributed by atoms with E-state index < -0.39 is 0 Å². The minimum Gasteiger partial charge on any atom is -0.508 e. The number of phenolic OH excluding ortho intramolecular Hbond substituents is 1. The maximum atomic E-state index is 12.9. The molecule has 2 N–H and O–H groups in total. The molecule has 1 aliphatic rings. The van der Waals surface area contributed by atoms with Crippen molar-refractivity contribution < 1.29 is 19.4 Å². The van der Waals surface area contributed by atoms with Gasteiger partial charge in [-0.15, -0.1) is 5.10 Å². The number of nitrogens with one attached hydrogen (secondary N) is 1. The molecular formula is C25H25N5O5. The summed E-state index contributed by atoms with van der Waals surface area (Å²) < 4.78 is 12.3. The van der Waals surface area contributed by atoms with Gasteiger partial charge in [0.15, 0.2) is 0 Å². The number of methoxy groups -OCH3 is 1. The van der Waals surface area contributed by atoms with Gasteiger partial charge in [0, 0.05) is 36.7 Å². The standard InChI is InChI=1S/C25H25N5O5/c1-34-10-11-35-20-8-9-29(14-20)25(33)16-2-4-18(5-3-16)30-15-23(27-28-30)21-13-17-12-19(31)6-7-22(17)26-24(21)32/h2-7,12-13,15,20,31H,8-11,14H2,1H3,(H,26,32)/t20-/m0/s1. The van der Waals surface area contributed by atoms with Crippen LogP contribution >= 0.6 is 0 Å². The molecule has 1 aliphatic heterocycles. The van der Waals surface area contributed by atoms with Crippen LogP contribution in [-0.2, 0) is 9.47 Å². The van der Waals surface area contributed by atoms with Gasteiger partial charge in [0.25, 0.3) is 11.5 Å². The van der Waals surface area contributed by atoms with E-state index in [4.69, 9.17) is 9.47 Å². The molecular weight excluding hydrogens is 450 g/mol. The summed E-state index contributed by atoms with van der Waals surface area (Å²) in [6, 6.07) is 13.5. The second kappa shape index (κ2) is 9.69. The lowest BCUT2D eigenvalue weighted by Gasteiger charge is -2.17. The van der Waals surface area contributed by atoms with Gasteiger partial charge in [-0.3, -0.25) is 9.59 Å². The Balaban J connectivity index is 1.30. The monoisotopic (exact) mass is 475 g/mol. The van der Waals surface area contributed by atoms with Gasteiger partial charge in [0.1, 0.15) is 11.4 Å². The highest BCUT2D eigenvalue weighted by atomic mass is 16.5. The molecule has 0 spiro atoms. The Labute approximate surface area is 200 Å². The molecule has 1 atom stereocenters. The molecule has 2 aromatic carbocycles. The van der Waals surface area contributed by atoms with E-state index in [0.717, 1.165) is 6.42 Å². The number of fused-ring (bicyclic) bond motifs is 1. The average molecular weight is 476 g/mol. The topological polar surface area (TPSA) is 123 Å². The summed E-state index contributed by atoms with van der Waals surface area (Å²) in [5, 5.41) is 18.7. The summed E-state index contributed by atoms with van der Waals surface area (Å²) in [5.41, 5.74) is 2.35. The van der Waals surface area contributed by atoms with Crippen molar-refractivity contribution in [2.24, 2.45) is 0 Å². The number of benzene rings is 2. The highest BCUT2D eigenvalue weighted by molar-refractivity contribution is 5.94. The second-order valence-corrected chi connectivity index (χ2v) is 8.40. The first-order chi connectivity index (χ1) is 17.0. The predicted octanol–water partition coefficient (Wildman–Crippen LogP) is 2.36. The predicted molar refractivity (Wildman–Crippen MR) is 129 cm³/mol. The van der Waals surface area contributed by atoms with E-state index in [1.807, 2.05) is 0 Å². The maximum Gasteiger partial charge on any atom is 0.258 e. The molecule has 0 saturated carbocycles. The zero-order valence-electron chi connectivity index (χ0n) is 19.2. The fourth-order valence-corrected chi connectivity index (χ4v) is 4.18. The first-order valence-corrected chi connectivity index (χ1v) is 11.3. The van der Waals surface area contributed by atoms with Crippen molar-refractivity contribution in [3.8, 4) is 22.7 Å². The fourth-order valence-electron chi connectivity index (χ4n) is 4.18. The molecule has 2 aromatic heterocycles. The van der Waals surface area contributed by atoms with Crippen LogP contribution in [0.1, 0.15) is 16.8 Å². The Morgan fingerprint density at radius 3 is 2.80 bits per heavy atom. The number of phenols is 1. The van der Waals surface area contributed by atoms with Gasteiger partial charge in [0.2, 0.25) is 0 Å². The number of amides is 1. The number of aromatic hydroxyl groups is 1. The number of carbonyl (C=O) groups excluding carboxylic acids is 1. The molecule has 0 bridgehead atoms. The van der Waals surface area contributed by atoms with Crippen molar-refractivity contribution >= 4 is 16.8 Å². The minimum atomic E-state index is -0.300. The van der Waals surface area contributed by atoms with Crippen LogP contribution in [0, 0.1) is 0 Å². The Morgan fingerprint density at radius 2 is 2.00 bits per heavy atom. The zero-order chi connectivity index (χ0) is 24.4. The van der Waals surface area contributed by atoms with E-state index in [2.05, 4.69) is 15.3 Å². The third-order valence-electron chi connectivity index (χ3n) is 6.05. The largest absolute Gasteiger partial charge is 0.508 e. The highest BCUT2D eigenvalue weighted by Gasteiger charge is 2.27. The number of aromatic amines is 1. The van der Waals surface area contributed by atoms with Crippen molar-refractivity contribution in [1.29, 1.82) is 0 Å². The SMILES string of the molecule is COCCO[C@H]1CCN(C(=O)c2ccc(-n3cc(-c4cc5cc(O)ccc5[nH]c4=O)nn3)cc2)C1. The van der Waals surface area contributed by atoms with Crippen LogP contribution in [0.4, 0.5) is 0 Å². The second-order valence-electron chi connectivity index (χ2n) is 8.40. The van der Waals surface area contributed by atoms with Gasteiger partial charge in [-0.1, -0.05) is 5.21 Å². The lowest BCUT2D eigenvalue weighted by atomic mass is 10.1. The molecule has 3 heterocycles. The first kappa shape index (κ1) is 22.8. The summed E-state index contributed by atoms with van der Waals surface area (Å²) >= 11 is 0. The summed E-state index contributed by atoms with van der Waals surface area (Å²) in [4.78, 5) is 30.0. The molecule has 10 nitrogen and oxygen atoms in total. The van der Waals surface area contributed by atoms with E-state index in [1.54, 1.807) is 65.4 Å². The number of pyridine rings is 1. The third kappa shape index (κ3) is 4.79. The lowest BCUT2D eigenvalue weighted by molar-refractivity contribution is 0.0218. The summed E-state index contributed by atoms with van der Waals surface area (Å²) in [6.45, 7) is 2.28. The first-order valence-electron chi connectivity index (χ1n) is 11.3. The van der Waals surface area contributed by atoms with E-state index in [1.165, 1.54) is 6.07 Å². The number of H-pyrrole nitrogens is 1. The van der Waals surface area contributed by atoms with Gasteiger partial charge in [-0.2, -0.15) is 0 Å². The van der Waals surface area contributed by atoms with Gasteiger partial charge in [-0.05, 0) is 55.0 Å². The Kier molecular flexibility index (Phi) is 6.30. The molecule has 0 unspecified atom stereocenters. The molecule has 10 heteroatoms. The third-order valence-corrected chi connectivity index (χ3v) is 6.05. The number of likely N-dealkylation sites (tertiary alicyclic amines) is 1. The number of aromatic nitrogens is 4. The van der Waals surface area contributed by atoms with E-state index in [-0.39, 0.29) is 23.3 Å². The van der Waals surface area contributed by atoms with E-state index >= 15 is 0 Å². The minimum absolute atomic E-state index is 0.0316. The van der Waals surface area contributed by atoms with Crippen molar-refractivity contribution in [2.75, 3.05) is 33.4 Å². The van der Waals surface area contributed by atoms with Crippen molar-refractivity contribution in [3.63, 3.8) is 0 Å². The zero-order valence-corrected chi connectivity index (χ0v) is 19.2. The Morgan fingerprint density at radius 1 is 1.17 bits per heavy atom. The van der Waals surface area contributed by atoms with Crippen LogP contribution in [0.3, 0.4) is 0 Å². The van der Waals surface area contributed by atoms with Gasteiger partial charge < -0.3 is 24.5 Å². The van der Waals surface area contributed by atoms with Crippen LogP contribution in [0.25, 0.3) is 27.8 Å². The van der Waals surface area contributed by atoms with Crippen LogP contribution in [0.5, 0.6) is 5.75 Å². The maximum absolute atomic E-state index is 12.9. The number of hydrogen-bond donors (Lipinski definition) is 2.